The number of Topliss-reactive ketones (excluding diaryl/α,β-unsaturated/α-hetero) is 1. The van der Waals surface area contributed by atoms with E-state index in [0.717, 1.165) is 0 Å². The Kier molecular flexibility index (Phi) is 2.93. The number of hydrogen-bond acceptors (Lipinski definition) is 5. The van der Waals surface area contributed by atoms with Gasteiger partial charge in [-0.15, -0.1) is 0 Å². The number of ketones is 1. The molecule has 0 spiro atoms. The van der Waals surface area contributed by atoms with Crippen LogP contribution in [-0.4, -0.2) is 29.4 Å². The molecular formula is C14H20O5. The maximum atomic E-state index is 12.4. The highest BCUT2D eigenvalue weighted by molar-refractivity contribution is 6.11. The molecule has 0 bridgehead atoms. The van der Waals surface area contributed by atoms with Gasteiger partial charge in [-0.2, -0.15) is 4.89 Å². The molecule has 1 N–H and O–H groups in total. The number of allylic oxidation sites excluding steroid dienone is 1. The zero-order valence-electron chi connectivity index (χ0n) is 12.2. The Bertz CT molecular complexity index is 498. The van der Waals surface area contributed by atoms with Crippen molar-refractivity contribution in [3.8, 4) is 0 Å². The van der Waals surface area contributed by atoms with Crippen molar-refractivity contribution in [1.82, 2.24) is 0 Å². The van der Waals surface area contributed by atoms with Crippen LogP contribution in [0.5, 0.6) is 0 Å². The second kappa shape index (κ2) is 3.91. The van der Waals surface area contributed by atoms with Crippen LogP contribution in [0, 0.1) is 5.41 Å². The maximum absolute atomic E-state index is 12.4. The van der Waals surface area contributed by atoms with Crippen LogP contribution >= 0.6 is 0 Å². The number of hydrogen-bond donors (Lipinski definition) is 1. The lowest BCUT2D eigenvalue weighted by Crippen LogP contribution is -2.58. The highest BCUT2D eigenvalue weighted by atomic mass is 17.2. The second-order valence-electron chi connectivity index (χ2n) is 6.08. The van der Waals surface area contributed by atoms with E-state index in [-0.39, 0.29) is 11.4 Å². The lowest BCUT2D eigenvalue weighted by Gasteiger charge is -2.49. The molecule has 0 aromatic carbocycles. The van der Waals surface area contributed by atoms with E-state index in [1.54, 1.807) is 40.7 Å². The molecular weight excluding hydrogens is 248 g/mol. The van der Waals surface area contributed by atoms with Gasteiger partial charge in [0.1, 0.15) is 11.4 Å². The summed E-state index contributed by atoms with van der Waals surface area (Å²) >= 11 is 0. The van der Waals surface area contributed by atoms with Crippen molar-refractivity contribution in [2.75, 3.05) is 7.11 Å². The fraction of sp³-hybridized carbons (Fsp3) is 0.643. The lowest BCUT2D eigenvalue weighted by atomic mass is 9.68. The summed E-state index contributed by atoms with van der Waals surface area (Å²) in [5.41, 5.74) is -1.02. The molecule has 0 radical (unpaired) electrons. The van der Waals surface area contributed by atoms with Crippen LogP contribution in [-0.2, 0) is 19.3 Å². The average molecular weight is 268 g/mol. The van der Waals surface area contributed by atoms with Crippen molar-refractivity contribution >= 4 is 5.78 Å². The van der Waals surface area contributed by atoms with Crippen molar-refractivity contribution in [2.45, 2.75) is 46.0 Å². The molecule has 5 heteroatoms. The van der Waals surface area contributed by atoms with Gasteiger partial charge in [0.25, 0.3) is 0 Å². The van der Waals surface area contributed by atoms with Crippen LogP contribution in [0.4, 0.5) is 0 Å². The minimum atomic E-state index is -1.84. The van der Waals surface area contributed by atoms with Gasteiger partial charge >= 0.3 is 0 Å². The van der Waals surface area contributed by atoms with Gasteiger partial charge in [0.15, 0.2) is 5.78 Å². The fourth-order valence-corrected chi connectivity index (χ4v) is 2.68. The molecule has 0 unspecified atom stereocenters. The number of carbonyl (C=O) groups is 1. The first-order valence-electron chi connectivity index (χ1n) is 6.19. The second-order valence-corrected chi connectivity index (χ2v) is 6.08. The third kappa shape index (κ3) is 1.76. The quantitative estimate of drug-likeness (QED) is 0.735. The molecule has 0 amide bonds. The van der Waals surface area contributed by atoms with Crippen molar-refractivity contribution in [1.29, 1.82) is 0 Å². The SMILES string of the molecule is COC1=C(C)C(=O)C2=CC(C)(C)OO[C@@]2(O)C1(C)C. The summed E-state index contributed by atoms with van der Waals surface area (Å²) in [6.07, 6.45) is 1.61. The first-order valence-corrected chi connectivity index (χ1v) is 6.19. The van der Waals surface area contributed by atoms with Crippen LogP contribution < -0.4 is 0 Å². The highest BCUT2D eigenvalue weighted by Crippen LogP contribution is 2.52. The predicted molar refractivity (Wildman–Crippen MR) is 67.8 cm³/mol. The van der Waals surface area contributed by atoms with Gasteiger partial charge in [-0.05, 0) is 40.7 Å². The summed E-state index contributed by atoms with van der Waals surface area (Å²) in [5.74, 6) is -1.72. The van der Waals surface area contributed by atoms with Gasteiger partial charge in [0.05, 0.1) is 18.1 Å². The summed E-state index contributed by atoms with van der Waals surface area (Å²) in [6.45, 7) is 8.69. The van der Waals surface area contributed by atoms with E-state index < -0.39 is 16.8 Å². The molecule has 2 aliphatic rings. The van der Waals surface area contributed by atoms with Crippen molar-refractivity contribution in [2.24, 2.45) is 5.41 Å². The Morgan fingerprint density at radius 3 is 2.32 bits per heavy atom. The molecule has 19 heavy (non-hydrogen) atoms. The maximum Gasteiger partial charge on any atom is 0.241 e. The van der Waals surface area contributed by atoms with Crippen LogP contribution in [0.3, 0.4) is 0 Å². The van der Waals surface area contributed by atoms with Gasteiger partial charge < -0.3 is 9.84 Å². The molecule has 1 heterocycles. The predicted octanol–water partition coefficient (Wildman–Crippen LogP) is 1.87. The largest absolute Gasteiger partial charge is 0.500 e. The Balaban J connectivity index is 2.72. The van der Waals surface area contributed by atoms with Gasteiger partial charge in [-0.3, -0.25) is 4.79 Å². The summed E-state index contributed by atoms with van der Waals surface area (Å²) in [5, 5.41) is 10.8. The third-order valence-electron chi connectivity index (χ3n) is 3.78. The normalized spacial score (nSPS) is 32.8. The van der Waals surface area contributed by atoms with Gasteiger partial charge in [-0.1, -0.05) is 0 Å². The van der Waals surface area contributed by atoms with Gasteiger partial charge in [0.2, 0.25) is 5.79 Å². The molecule has 1 atom stereocenters. The average Bonchev–Trinajstić information content (AvgIpc) is 2.30. The Morgan fingerprint density at radius 2 is 1.79 bits per heavy atom. The third-order valence-corrected chi connectivity index (χ3v) is 3.78. The van der Waals surface area contributed by atoms with E-state index in [1.807, 2.05) is 0 Å². The van der Waals surface area contributed by atoms with Crippen LogP contribution in [0.1, 0.15) is 34.6 Å². The molecule has 0 saturated heterocycles. The monoisotopic (exact) mass is 268 g/mol. The Morgan fingerprint density at radius 1 is 1.21 bits per heavy atom. The number of fused-ring (bicyclic) bond motifs is 1. The molecule has 1 aliphatic heterocycles. The minimum absolute atomic E-state index is 0.201. The van der Waals surface area contributed by atoms with Crippen molar-refractivity contribution in [3.05, 3.63) is 23.0 Å². The molecule has 0 aromatic rings. The smallest absolute Gasteiger partial charge is 0.241 e. The molecule has 0 saturated carbocycles. The van der Waals surface area contributed by atoms with Crippen LogP contribution in [0.15, 0.2) is 23.0 Å². The van der Waals surface area contributed by atoms with Crippen LogP contribution in [0.2, 0.25) is 0 Å². The Hall–Kier alpha value is -1.17. The number of ether oxygens (including phenoxy) is 1. The number of aliphatic hydroxyl groups is 1. The highest BCUT2D eigenvalue weighted by Gasteiger charge is 2.61. The molecule has 106 valence electrons. The van der Waals surface area contributed by atoms with E-state index in [1.165, 1.54) is 7.11 Å². The topological polar surface area (TPSA) is 65.0 Å². The van der Waals surface area contributed by atoms with Crippen molar-refractivity contribution < 1.29 is 24.4 Å². The Labute approximate surface area is 112 Å². The zero-order valence-corrected chi connectivity index (χ0v) is 12.2. The van der Waals surface area contributed by atoms with E-state index >= 15 is 0 Å². The van der Waals surface area contributed by atoms with Crippen LogP contribution in [0.25, 0.3) is 0 Å². The first kappa shape index (κ1) is 14.2. The zero-order chi connectivity index (χ0) is 14.6. The van der Waals surface area contributed by atoms with Gasteiger partial charge in [-0.25, -0.2) is 4.89 Å². The molecule has 2 rings (SSSR count). The lowest BCUT2D eigenvalue weighted by molar-refractivity contribution is -0.464. The summed E-state index contributed by atoms with van der Waals surface area (Å²) in [4.78, 5) is 22.8. The van der Waals surface area contributed by atoms with E-state index in [4.69, 9.17) is 14.5 Å². The van der Waals surface area contributed by atoms with Gasteiger partial charge in [0, 0.05) is 5.57 Å². The standard InChI is InChI=1S/C14H20O5/c1-8-10(15)9-7-12(2,3)18-19-14(9,16)13(4,5)11(8)17-6/h7,16H,1-6H3/t14-/m1/s1. The number of carbonyl (C=O) groups excluding carboxylic acids is 1. The molecule has 1 aliphatic carbocycles. The minimum Gasteiger partial charge on any atom is -0.500 e. The molecule has 0 fully saturated rings. The van der Waals surface area contributed by atoms with E-state index in [2.05, 4.69) is 0 Å². The van der Waals surface area contributed by atoms with E-state index in [0.29, 0.717) is 11.3 Å². The van der Waals surface area contributed by atoms with Crippen molar-refractivity contribution in [3.63, 3.8) is 0 Å². The molecule has 5 nitrogen and oxygen atoms in total. The number of rotatable bonds is 1. The fourth-order valence-electron chi connectivity index (χ4n) is 2.68. The summed E-state index contributed by atoms with van der Waals surface area (Å²) in [7, 11) is 1.47. The first-order chi connectivity index (χ1) is 8.57. The number of methoxy groups -OCH3 is 1. The summed E-state index contributed by atoms with van der Waals surface area (Å²) < 4.78 is 5.29. The summed E-state index contributed by atoms with van der Waals surface area (Å²) in [6, 6.07) is 0. The van der Waals surface area contributed by atoms with E-state index in [9.17, 15) is 9.90 Å². The molecule has 0 aromatic heterocycles.